The van der Waals surface area contributed by atoms with E-state index in [4.69, 9.17) is 10.9 Å². The Morgan fingerprint density at radius 2 is 2.05 bits per heavy atom. The highest BCUT2D eigenvalue weighted by molar-refractivity contribution is 14.1. The number of phenols is 1. The number of nitrogens with one attached hydrogen (secondary N) is 1. The summed E-state index contributed by atoms with van der Waals surface area (Å²) in [5, 5.41) is 24.4. The Bertz CT molecular complexity index is 554. The number of amides is 1. The Morgan fingerprint density at radius 1 is 1.40 bits per heavy atom. The van der Waals surface area contributed by atoms with E-state index in [1.807, 2.05) is 22.6 Å². The molecular weight excluding hydrogens is 373 g/mol. The number of amidine groups is 1. The number of hydrogen-bond acceptors (Lipinski definition) is 4. The minimum Gasteiger partial charge on any atom is -0.507 e. The summed E-state index contributed by atoms with van der Waals surface area (Å²) in [6.07, 6.45) is 3.11. The van der Waals surface area contributed by atoms with Crippen molar-refractivity contribution in [3.05, 3.63) is 27.3 Å². The summed E-state index contributed by atoms with van der Waals surface area (Å²) in [4.78, 5) is 12.3. The van der Waals surface area contributed by atoms with Crippen molar-refractivity contribution in [3.8, 4) is 5.75 Å². The number of nitrogens with two attached hydrogens (primary N) is 1. The quantitative estimate of drug-likeness (QED) is 0.208. The average Bonchev–Trinajstić information content (AvgIpc) is 2.90. The van der Waals surface area contributed by atoms with Crippen molar-refractivity contribution >= 4 is 34.3 Å². The van der Waals surface area contributed by atoms with Gasteiger partial charge in [-0.2, -0.15) is 0 Å². The molecule has 1 aromatic rings. The number of rotatable bonds is 3. The summed E-state index contributed by atoms with van der Waals surface area (Å²) in [6, 6.07) is 4.70. The van der Waals surface area contributed by atoms with E-state index in [0.29, 0.717) is 22.0 Å². The summed E-state index contributed by atoms with van der Waals surface area (Å²) in [6.45, 7) is 0. The number of carbonyl (C=O) groups excluding carboxylic acids is 1. The molecule has 5 N–H and O–H groups in total. The number of benzene rings is 1. The molecule has 0 bridgehead atoms. The van der Waals surface area contributed by atoms with E-state index in [9.17, 15) is 9.90 Å². The molecule has 1 amide bonds. The van der Waals surface area contributed by atoms with Crippen LogP contribution in [0.4, 0.5) is 0 Å². The smallest absolute Gasteiger partial charge is 0.252 e. The fourth-order valence-electron chi connectivity index (χ4n) is 2.46. The van der Waals surface area contributed by atoms with Crippen LogP contribution in [0.15, 0.2) is 23.4 Å². The standard InChI is InChI=1S/C13H16IN3O3/c14-9-4-3-8(7-10(9)18)11(19)16-13(12(15)17-20)5-1-2-6-13/h3-4,7,18,20H,1-2,5-6H2,(H2,15,17)(H,16,19). The molecule has 0 heterocycles. The van der Waals surface area contributed by atoms with Gasteiger partial charge in [-0.05, 0) is 53.6 Å². The van der Waals surface area contributed by atoms with Crippen LogP contribution < -0.4 is 11.1 Å². The highest BCUT2D eigenvalue weighted by Crippen LogP contribution is 2.30. The fourth-order valence-corrected chi connectivity index (χ4v) is 2.80. The first-order valence-electron chi connectivity index (χ1n) is 6.27. The predicted molar refractivity (Wildman–Crippen MR) is 82.9 cm³/mol. The zero-order valence-electron chi connectivity index (χ0n) is 10.8. The number of hydrogen-bond donors (Lipinski definition) is 4. The largest absolute Gasteiger partial charge is 0.507 e. The molecule has 1 fully saturated rings. The number of aromatic hydroxyl groups is 1. The molecule has 0 aromatic heterocycles. The van der Waals surface area contributed by atoms with Crippen LogP contribution in [0.1, 0.15) is 36.0 Å². The third-order valence-corrected chi connectivity index (χ3v) is 4.53. The lowest BCUT2D eigenvalue weighted by atomic mass is 9.95. The first-order chi connectivity index (χ1) is 9.48. The number of carbonyl (C=O) groups is 1. The maximum atomic E-state index is 12.3. The Labute approximate surface area is 130 Å². The van der Waals surface area contributed by atoms with Crippen molar-refractivity contribution in [2.75, 3.05) is 0 Å². The molecular formula is C13H16IN3O3. The van der Waals surface area contributed by atoms with Gasteiger partial charge in [0.2, 0.25) is 0 Å². The van der Waals surface area contributed by atoms with Gasteiger partial charge >= 0.3 is 0 Å². The lowest BCUT2D eigenvalue weighted by Crippen LogP contribution is -2.55. The Hall–Kier alpha value is -1.51. The molecule has 108 valence electrons. The molecule has 0 aliphatic heterocycles. The summed E-state index contributed by atoms with van der Waals surface area (Å²) in [7, 11) is 0. The van der Waals surface area contributed by atoms with E-state index in [-0.39, 0.29) is 17.5 Å². The maximum Gasteiger partial charge on any atom is 0.252 e. The lowest BCUT2D eigenvalue weighted by molar-refractivity contribution is 0.0922. The molecule has 1 saturated carbocycles. The van der Waals surface area contributed by atoms with E-state index < -0.39 is 5.54 Å². The van der Waals surface area contributed by atoms with Crippen LogP contribution in [-0.4, -0.2) is 27.6 Å². The van der Waals surface area contributed by atoms with Gasteiger partial charge in [0.15, 0.2) is 5.84 Å². The SMILES string of the molecule is N/C(=N/O)C1(NC(=O)c2ccc(I)c(O)c2)CCCC1. The second kappa shape index (κ2) is 5.86. The highest BCUT2D eigenvalue weighted by Gasteiger charge is 2.40. The van der Waals surface area contributed by atoms with Crippen molar-refractivity contribution < 1.29 is 15.1 Å². The Morgan fingerprint density at radius 3 is 2.60 bits per heavy atom. The van der Waals surface area contributed by atoms with Crippen molar-refractivity contribution in [2.24, 2.45) is 10.9 Å². The van der Waals surface area contributed by atoms with Gasteiger partial charge in [0.05, 0.1) is 3.57 Å². The van der Waals surface area contributed by atoms with Gasteiger partial charge in [-0.25, -0.2) is 0 Å². The number of oxime groups is 1. The van der Waals surface area contributed by atoms with E-state index in [0.717, 1.165) is 12.8 Å². The van der Waals surface area contributed by atoms with Gasteiger partial charge in [-0.1, -0.05) is 18.0 Å². The molecule has 6 nitrogen and oxygen atoms in total. The molecule has 0 radical (unpaired) electrons. The van der Waals surface area contributed by atoms with Crippen molar-refractivity contribution in [1.82, 2.24) is 5.32 Å². The van der Waals surface area contributed by atoms with Gasteiger partial charge in [0, 0.05) is 5.56 Å². The van der Waals surface area contributed by atoms with Crippen molar-refractivity contribution in [3.63, 3.8) is 0 Å². The van der Waals surface area contributed by atoms with Gasteiger partial charge < -0.3 is 21.4 Å². The molecule has 2 rings (SSSR count). The van der Waals surface area contributed by atoms with Gasteiger partial charge in [0.1, 0.15) is 11.3 Å². The minimum atomic E-state index is -0.787. The summed E-state index contributed by atoms with van der Waals surface area (Å²) in [5.41, 5.74) is 5.29. The first kappa shape index (κ1) is 14.9. The third kappa shape index (κ3) is 2.82. The maximum absolute atomic E-state index is 12.3. The van der Waals surface area contributed by atoms with Crippen LogP contribution in [0.3, 0.4) is 0 Å². The van der Waals surface area contributed by atoms with E-state index in [1.54, 1.807) is 12.1 Å². The van der Waals surface area contributed by atoms with Crippen LogP contribution in [0.5, 0.6) is 5.75 Å². The van der Waals surface area contributed by atoms with Crippen molar-refractivity contribution in [1.29, 1.82) is 0 Å². The zero-order valence-corrected chi connectivity index (χ0v) is 12.9. The summed E-state index contributed by atoms with van der Waals surface area (Å²) < 4.78 is 0.672. The first-order valence-corrected chi connectivity index (χ1v) is 7.35. The molecule has 1 aliphatic rings. The normalized spacial score (nSPS) is 17.9. The van der Waals surface area contributed by atoms with Crippen LogP contribution in [0, 0.1) is 3.57 Å². The Balaban J connectivity index is 2.23. The Kier molecular flexibility index (Phi) is 4.36. The molecule has 1 aromatic carbocycles. The highest BCUT2D eigenvalue weighted by atomic mass is 127. The van der Waals surface area contributed by atoms with Crippen LogP contribution in [0.2, 0.25) is 0 Å². The lowest BCUT2D eigenvalue weighted by Gasteiger charge is -2.28. The minimum absolute atomic E-state index is 0.0260. The van der Waals surface area contributed by atoms with E-state index >= 15 is 0 Å². The second-order valence-corrected chi connectivity index (χ2v) is 6.06. The van der Waals surface area contributed by atoms with E-state index in [1.165, 1.54) is 6.07 Å². The average molecular weight is 389 g/mol. The summed E-state index contributed by atoms with van der Waals surface area (Å²) >= 11 is 1.98. The van der Waals surface area contributed by atoms with Crippen LogP contribution in [0.25, 0.3) is 0 Å². The molecule has 0 saturated heterocycles. The topological polar surface area (TPSA) is 108 Å². The number of phenolic OH excluding ortho intramolecular Hbond substituents is 1. The van der Waals surface area contributed by atoms with Crippen molar-refractivity contribution in [2.45, 2.75) is 31.2 Å². The van der Waals surface area contributed by atoms with Crippen LogP contribution in [-0.2, 0) is 0 Å². The third-order valence-electron chi connectivity index (χ3n) is 3.62. The summed E-state index contributed by atoms with van der Waals surface area (Å²) in [5.74, 6) is -0.259. The van der Waals surface area contributed by atoms with E-state index in [2.05, 4.69) is 10.5 Å². The molecule has 0 spiro atoms. The predicted octanol–water partition coefficient (Wildman–Crippen LogP) is 1.79. The zero-order chi connectivity index (χ0) is 14.8. The van der Waals surface area contributed by atoms with Gasteiger partial charge in [-0.3, -0.25) is 4.79 Å². The molecule has 20 heavy (non-hydrogen) atoms. The second-order valence-electron chi connectivity index (χ2n) is 4.89. The molecule has 0 unspecified atom stereocenters. The molecule has 7 heteroatoms. The van der Waals surface area contributed by atoms with Gasteiger partial charge in [-0.15, -0.1) is 0 Å². The fraction of sp³-hybridized carbons (Fsp3) is 0.385. The van der Waals surface area contributed by atoms with Gasteiger partial charge in [0.25, 0.3) is 5.91 Å². The number of halogens is 1. The molecule has 0 atom stereocenters. The monoisotopic (exact) mass is 389 g/mol. The molecule has 1 aliphatic carbocycles. The van der Waals surface area contributed by atoms with Crippen LogP contribution >= 0.6 is 22.6 Å². The number of nitrogens with zero attached hydrogens (tertiary/aromatic N) is 1.